The average molecular weight is 572 g/mol. The first-order valence-electron chi connectivity index (χ1n) is 15.1. The molecule has 3 N–H and O–H groups in total. The summed E-state index contributed by atoms with van der Waals surface area (Å²) in [4.78, 5) is 32.0. The monoisotopic (exact) mass is 571 g/mol. The van der Waals surface area contributed by atoms with Crippen molar-refractivity contribution in [2.24, 2.45) is 0 Å². The zero-order chi connectivity index (χ0) is 29.2. The molecule has 0 radical (unpaired) electrons. The minimum atomic E-state index is -0.0973. The molecule has 1 aromatic carbocycles. The van der Waals surface area contributed by atoms with E-state index in [0.29, 0.717) is 24.4 Å². The second-order valence-electron chi connectivity index (χ2n) is 12.0. The predicted octanol–water partition coefficient (Wildman–Crippen LogP) is 4.54. The standard InChI is InChI=1S/C31H41N9O2/c1-5-27(41)34-22-9-7-21(8-10-22)28-35-25-11-6-20(16-26(25)36-28)17-32-30-38-31(42-23-12-14-39(4)15-13-23)37-29-24(19(2)3)18-33-40(29)30/h5-6,11,16,18-19,21-23H,1,7-10,12-15,17H2,2-4H3,(H,34,41)(H,35,36)(H,32,37,38). The fraction of sp³-hybridized carbons (Fsp3) is 0.516. The molecule has 222 valence electrons. The van der Waals surface area contributed by atoms with Gasteiger partial charge in [-0.05, 0) is 75.3 Å². The lowest BCUT2D eigenvalue weighted by molar-refractivity contribution is -0.117. The molecule has 42 heavy (non-hydrogen) atoms. The number of carbonyl (C=O) groups excluding carboxylic acids is 1. The van der Waals surface area contributed by atoms with Crippen molar-refractivity contribution in [3.8, 4) is 6.01 Å². The van der Waals surface area contributed by atoms with Gasteiger partial charge in [-0.1, -0.05) is 26.5 Å². The Hall–Kier alpha value is -3.99. The largest absolute Gasteiger partial charge is 0.460 e. The van der Waals surface area contributed by atoms with E-state index in [9.17, 15) is 4.79 Å². The number of carbonyl (C=O) groups is 1. The number of H-pyrrole nitrogens is 1. The molecular formula is C31H41N9O2. The smallest absolute Gasteiger partial charge is 0.322 e. The molecule has 1 saturated carbocycles. The van der Waals surface area contributed by atoms with Crippen LogP contribution in [0, 0.1) is 0 Å². The van der Waals surface area contributed by atoms with Gasteiger partial charge in [0.15, 0.2) is 5.65 Å². The van der Waals surface area contributed by atoms with Crippen molar-refractivity contribution < 1.29 is 9.53 Å². The number of amides is 1. The number of hydrogen-bond donors (Lipinski definition) is 3. The Labute approximate surface area is 246 Å². The SMILES string of the molecule is C=CC(=O)NC1CCC(c2nc3ccc(CNc4nc(OC5CCN(C)CC5)nc5c(C(C)C)cnn45)cc3[nH]2)CC1. The van der Waals surface area contributed by atoms with E-state index in [2.05, 4.69) is 71.3 Å². The third kappa shape index (κ3) is 6.11. The summed E-state index contributed by atoms with van der Waals surface area (Å²) in [7, 11) is 2.14. The molecule has 1 aliphatic heterocycles. The van der Waals surface area contributed by atoms with Crippen molar-refractivity contribution >= 4 is 28.5 Å². The Kier molecular flexibility index (Phi) is 8.10. The number of aromatic nitrogens is 6. The van der Waals surface area contributed by atoms with E-state index in [1.54, 1.807) is 4.52 Å². The average Bonchev–Trinajstić information content (AvgIpc) is 3.62. The Bertz CT molecular complexity index is 1560. The Morgan fingerprint density at radius 1 is 1.14 bits per heavy atom. The minimum absolute atomic E-state index is 0.0973. The van der Waals surface area contributed by atoms with Crippen LogP contribution in [0.2, 0.25) is 0 Å². The number of hydrogen-bond acceptors (Lipinski definition) is 8. The van der Waals surface area contributed by atoms with Crippen LogP contribution in [0.25, 0.3) is 16.7 Å². The van der Waals surface area contributed by atoms with Crippen LogP contribution < -0.4 is 15.4 Å². The number of fused-ring (bicyclic) bond motifs is 2. The van der Waals surface area contributed by atoms with Crippen LogP contribution in [-0.2, 0) is 11.3 Å². The van der Waals surface area contributed by atoms with Crippen LogP contribution >= 0.6 is 0 Å². The number of nitrogens with zero attached hydrogens (tertiary/aromatic N) is 6. The summed E-state index contributed by atoms with van der Waals surface area (Å²) in [5, 5.41) is 11.1. The molecule has 2 fully saturated rings. The van der Waals surface area contributed by atoms with Gasteiger partial charge in [0.2, 0.25) is 11.9 Å². The Morgan fingerprint density at radius 2 is 1.93 bits per heavy atom. The maximum absolute atomic E-state index is 11.7. The summed E-state index contributed by atoms with van der Waals surface area (Å²) in [6.45, 7) is 10.4. The molecule has 4 aromatic rings. The summed E-state index contributed by atoms with van der Waals surface area (Å²) in [6, 6.07) is 6.92. The van der Waals surface area contributed by atoms with E-state index in [0.717, 1.165) is 85.2 Å². The number of ether oxygens (including phenoxy) is 1. The minimum Gasteiger partial charge on any atom is -0.460 e. The van der Waals surface area contributed by atoms with Crippen LogP contribution in [0.5, 0.6) is 6.01 Å². The number of likely N-dealkylation sites (tertiary alicyclic amines) is 1. The second-order valence-corrected chi connectivity index (χ2v) is 12.0. The van der Waals surface area contributed by atoms with Gasteiger partial charge in [-0.15, -0.1) is 0 Å². The Morgan fingerprint density at radius 3 is 2.67 bits per heavy atom. The summed E-state index contributed by atoms with van der Waals surface area (Å²) in [5.74, 6) is 2.18. The molecule has 11 nitrogen and oxygen atoms in total. The third-order valence-electron chi connectivity index (χ3n) is 8.60. The van der Waals surface area contributed by atoms with Gasteiger partial charge in [-0.2, -0.15) is 19.6 Å². The Balaban J connectivity index is 1.16. The number of aromatic amines is 1. The zero-order valence-corrected chi connectivity index (χ0v) is 24.8. The number of benzene rings is 1. The van der Waals surface area contributed by atoms with E-state index in [-0.39, 0.29) is 24.0 Å². The van der Waals surface area contributed by atoms with Gasteiger partial charge < -0.3 is 25.3 Å². The molecule has 0 bridgehead atoms. The third-order valence-corrected chi connectivity index (χ3v) is 8.60. The quantitative estimate of drug-likeness (QED) is 0.250. The number of nitrogens with one attached hydrogen (secondary N) is 3. The summed E-state index contributed by atoms with van der Waals surface area (Å²) >= 11 is 0. The highest BCUT2D eigenvalue weighted by Gasteiger charge is 2.25. The molecule has 0 spiro atoms. The summed E-state index contributed by atoms with van der Waals surface area (Å²) in [5.41, 5.74) is 4.93. The molecule has 6 rings (SSSR count). The first-order chi connectivity index (χ1) is 20.4. The molecule has 1 amide bonds. The van der Waals surface area contributed by atoms with Gasteiger partial charge in [0.05, 0.1) is 17.2 Å². The van der Waals surface area contributed by atoms with E-state index >= 15 is 0 Å². The van der Waals surface area contributed by atoms with Gasteiger partial charge in [-0.25, -0.2) is 4.98 Å². The second kappa shape index (κ2) is 12.1. The number of piperidine rings is 1. The van der Waals surface area contributed by atoms with Crippen LogP contribution in [0.3, 0.4) is 0 Å². The summed E-state index contributed by atoms with van der Waals surface area (Å²) in [6.07, 6.45) is 9.12. The van der Waals surface area contributed by atoms with E-state index in [1.165, 1.54) is 6.08 Å². The first kappa shape index (κ1) is 28.1. The highest BCUT2D eigenvalue weighted by atomic mass is 16.5. The zero-order valence-electron chi connectivity index (χ0n) is 24.8. The van der Waals surface area contributed by atoms with E-state index in [4.69, 9.17) is 19.7 Å². The predicted molar refractivity (Wildman–Crippen MR) is 163 cm³/mol. The molecule has 3 aromatic heterocycles. The van der Waals surface area contributed by atoms with Crippen LogP contribution in [-0.4, -0.2) is 72.6 Å². The maximum Gasteiger partial charge on any atom is 0.322 e. The highest BCUT2D eigenvalue weighted by molar-refractivity contribution is 5.87. The van der Waals surface area contributed by atoms with Crippen molar-refractivity contribution in [1.29, 1.82) is 0 Å². The number of anilines is 1. The van der Waals surface area contributed by atoms with E-state index in [1.807, 2.05) is 6.20 Å². The lowest BCUT2D eigenvalue weighted by atomic mass is 9.85. The molecule has 1 aliphatic carbocycles. The van der Waals surface area contributed by atoms with E-state index < -0.39 is 0 Å². The van der Waals surface area contributed by atoms with Crippen LogP contribution in [0.1, 0.15) is 81.2 Å². The first-order valence-corrected chi connectivity index (χ1v) is 15.1. The fourth-order valence-corrected chi connectivity index (χ4v) is 6.03. The number of rotatable bonds is 9. The van der Waals surface area contributed by atoms with Crippen molar-refractivity contribution in [3.63, 3.8) is 0 Å². The molecular weight excluding hydrogens is 530 g/mol. The molecule has 1 saturated heterocycles. The van der Waals surface area contributed by atoms with Gasteiger partial charge in [0, 0.05) is 37.2 Å². The van der Waals surface area contributed by atoms with Crippen molar-refractivity contribution in [3.05, 3.63) is 54.0 Å². The lowest BCUT2D eigenvalue weighted by Gasteiger charge is -2.28. The van der Waals surface area contributed by atoms with Crippen molar-refractivity contribution in [2.75, 3.05) is 25.5 Å². The van der Waals surface area contributed by atoms with Crippen molar-refractivity contribution in [2.45, 2.75) is 82.9 Å². The molecule has 4 heterocycles. The normalized spacial score (nSPS) is 20.3. The lowest BCUT2D eigenvalue weighted by Crippen LogP contribution is -2.36. The molecule has 0 unspecified atom stereocenters. The van der Waals surface area contributed by atoms with Gasteiger partial charge in [0.25, 0.3) is 0 Å². The number of imidazole rings is 1. The van der Waals surface area contributed by atoms with Gasteiger partial charge in [-0.3, -0.25) is 4.79 Å². The highest BCUT2D eigenvalue weighted by Crippen LogP contribution is 2.33. The topological polar surface area (TPSA) is 125 Å². The molecule has 11 heteroatoms. The summed E-state index contributed by atoms with van der Waals surface area (Å²) < 4.78 is 8.06. The maximum atomic E-state index is 11.7. The van der Waals surface area contributed by atoms with Gasteiger partial charge in [0.1, 0.15) is 11.9 Å². The van der Waals surface area contributed by atoms with Crippen LogP contribution in [0.15, 0.2) is 37.1 Å². The van der Waals surface area contributed by atoms with Crippen molar-refractivity contribution in [1.82, 2.24) is 39.8 Å². The fourth-order valence-electron chi connectivity index (χ4n) is 6.03. The molecule has 0 atom stereocenters. The van der Waals surface area contributed by atoms with Gasteiger partial charge >= 0.3 is 6.01 Å². The van der Waals surface area contributed by atoms with Crippen LogP contribution in [0.4, 0.5) is 5.95 Å². The molecule has 2 aliphatic rings.